The average molecular weight is 398 g/mol. The van der Waals surface area contributed by atoms with Gasteiger partial charge in [-0.2, -0.15) is 0 Å². The molecular weight excluding hydrogens is 380 g/mol. The van der Waals surface area contributed by atoms with Crippen molar-refractivity contribution in [3.63, 3.8) is 0 Å². The lowest BCUT2D eigenvalue weighted by atomic mass is 10.1. The van der Waals surface area contributed by atoms with Crippen molar-refractivity contribution in [2.75, 3.05) is 31.1 Å². The van der Waals surface area contributed by atoms with Crippen molar-refractivity contribution >= 4 is 11.8 Å². The smallest absolute Gasteiger partial charge is 0.410 e. The first kappa shape index (κ1) is 19.9. The van der Waals surface area contributed by atoms with E-state index in [1.54, 1.807) is 12.1 Å². The van der Waals surface area contributed by atoms with Gasteiger partial charge in [-0.1, -0.05) is 30.3 Å². The molecule has 3 rings (SSSR count). The number of benzene rings is 2. The number of hydrogen-bond acceptors (Lipinski definition) is 4. The van der Waals surface area contributed by atoms with Crippen LogP contribution in [0.4, 0.5) is 28.0 Å². The van der Waals surface area contributed by atoms with Crippen molar-refractivity contribution in [2.45, 2.75) is 13.2 Å². The van der Waals surface area contributed by atoms with Crippen LogP contribution in [0.5, 0.6) is 0 Å². The van der Waals surface area contributed by atoms with Gasteiger partial charge in [-0.05, 0) is 5.56 Å². The van der Waals surface area contributed by atoms with Gasteiger partial charge in [-0.15, -0.1) is 0 Å². The van der Waals surface area contributed by atoms with Crippen molar-refractivity contribution in [1.82, 2.24) is 4.90 Å². The van der Waals surface area contributed by atoms with Crippen molar-refractivity contribution < 1.29 is 32.2 Å². The van der Waals surface area contributed by atoms with Crippen molar-refractivity contribution in [1.29, 1.82) is 0 Å². The average Bonchev–Trinajstić information content (AvgIpc) is 2.72. The molecule has 1 amide bonds. The molecule has 1 saturated heterocycles. The molecule has 0 aliphatic carbocycles. The van der Waals surface area contributed by atoms with Gasteiger partial charge in [0.15, 0.2) is 23.3 Å². The van der Waals surface area contributed by atoms with Crippen LogP contribution in [0.3, 0.4) is 0 Å². The van der Waals surface area contributed by atoms with Crippen LogP contribution in [0.25, 0.3) is 0 Å². The maximum atomic E-state index is 14.2. The molecule has 1 fully saturated rings. The van der Waals surface area contributed by atoms with E-state index < -0.39 is 47.2 Å². The monoisotopic (exact) mass is 398 g/mol. The number of hydrogen-bond donors (Lipinski definition) is 1. The Morgan fingerprint density at radius 3 is 2.04 bits per heavy atom. The van der Waals surface area contributed by atoms with Gasteiger partial charge in [0.25, 0.3) is 0 Å². The summed E-state index contributed by atoms with van der Waals surface area (Å²) in [4.78, 5) is 14.6. The Labute approximate surface area is 158 Å². The van der Waals surface area contributed by atoms with E-state index in [1.807, 2.05) is 18.2 Å². The van der Waals surface area contributed by atoms with Gasteiger partial charge in [0.05, 0.1) is 12.2 Å². The number of aliphatic hydroxyl groups is 1. The first-order valence-electron chi connectivity index (χ1n) is 8.60. The molecule has 150 valence electrons. The summed E-state index contributed by atoms with van der Waals surface area (Å²) in [5, 5.41) is 8.89. The minimum Gasteiger partial charge on any atom is -0.445 e. The molecule has 0 aromatic heterocycles. The molecule has 0 radical (unpaired) electrons. The summed E-state index contributed by atoms with van der Waals surface area (Å²) in [6.07, 6.45) is -0.586. The third-order valence-electron chi connectivity index (χ3n) is 4.55. The lowest BCUT2D eigenvalue weighted by Gasteiger charge is -2.35. The van der Waals surface area contributed by atoms with Crippen LogP contribution in [0, 0.1) is 23.3 Å². The Morgan fingerprint density at radius 1 is 0.929 bits per heavy atom. The Bertz CT molecular complexity index is 827. The molecule has 2 aromatic carbocycles. The largest absolute Gasteiger partial charge is 0.445 e. The Hall–Kier alpha value is -2.81. The number of carbonyl (C=O) groups is 1. The highest BCUT2D eigenvalue weighted by Gasteiger charge is 2.31. The summed E-state index contributed by atoms with van der Waals surface area (Å²) in [6.45, 7) is -1.01. The lowest BCUT2D eigenvalue weighted by Crippen LogP contribution is -2.49. The van der Waals surface area contributed by atoms with Crippen LogP contribution in [0.15, 0.2) is 30.3 Å². The van der Waals surface area contributed by atoms with Crippen molar-refractivity contribution in [3.05, 3.63) is 64.7 Å². The van der Waals surface area contributed by atoms with Gasteiger partial charge in [0, 0.05) is 26.2 Å². The first-order valence-corrected chi connectivity index (χ1v) is 8.60. The molecule has 2 aromatic rings. The van der Waals surface area contributed by atoms with Crippen LogP contribution in [0.1, 0.15) is 11.1 Å². The van der Waals surface area contributed by atoms with E-state index in [9.17, 15) is 22.4 Å². The molecule has 9 heteroatoms. The number of ether oxygens (including phenoxy) is 1. The molecule has 1 N–H and O–H groups in total. The predicted octanol–water partition coefficient (Wildman–Crippen LogP) is 3.19. The molecule has 1 heterocycles. The second-order valence-corrected chi connectivity index (χ2v) is 6.26. The normalized spacial score (nSPS) is 14.3. The highest BCUT2D eigenvalue weighted by molar-refractivity contribution is 5.68. The van der Waals surface area contributed by atoms with Gasteiger partial charge in [0.1, 0.15) is 12.3 Å². The molecule has 1 aliphatic heterocycles. The number of piperazine rings is 1. The fourth-order valence-corrected chi connectivity index (χ4v) is 3.01. The molecule has 5 nitrogen and oxygen atoms in total. The highest BCUT2D eigenvalue weighted by atomic mass is 19.2. The molecule has 1 aliphatic rings. The molecular formula is C19H18F4N2O3. The maximum Gasteiger partial charge on any atom is 0.410 e. The molecule has 28 heavy (non-hydrogen) atoms. The highest BCUT2D eigenvalue weighted by Crippen LogP contribution is 2.31. The van der Waals surface area contributed by atoms with E-state index >= 15 is 0 Å². The van der Waals surface area contributed by atoms with Crippen LogP contribution >= 0.6 is 0 Å². The number of aliphatic hydroxyl groups excluding tert-OH is 1. The Morgan fingerprint density at radius 2 is 1.50 bits per heavy atom. The molecule has 0 spiro atoms. The molecule has 0 saturated carbocycles. The van der Waals surface area contributed by atoms with Gasteiger partial charge in [-0.25, -0.2) is 22.4 Å². The lowest BCUT2D eigenvalue weighted by molar-refractivity contribution is 0.0940. The van der Waals surface area contributed by atoms with Crippen LogP contribution in [-0.4, -0.2) is 42.3 Å². The summed E-state index contributed by atoms with van der Waals surface area (Å²) in [5.74, 6) is -6.38. The minimum absolute atomic E-state index is 0.0361. The van der Waals surface area contributed by atoms with Crippen LogP contribution in [0.2, 0.25) is 0 Å². The van der Waals surface area contributed by atoms with E-state index in [-0.39, 0.29) is 32.8 Å². The predicted molar refractivity (Wildman–Crippen MR) is 92.6 cm³/mol. The Balaban J connectivity index is 1.65. The summed E-state index contributed by atoms with van der Waals surface area (Å²) in [6, 6.07) is 9.06. The number of nitrogens with zero attached hydrogens (tertiary/aromatic N) is 2. The van der Waals surface area contributed by atoms with Gasteiger partial charge < -0.3 is 19.6 Å². The van der Waals surface area contributed by atoms with E-state index in [0.717, 1.165) is 10.5 Å². The zero-order chi connectivity index (χ0) is 20.3. The van der Waals surface area contributed by atoms with E-state index in [2.05, 4.69) is 0 Å². The fourth-order valence-electron chi connectivity index (χ4n) is 3.01. The zero-order valence-electron chi connectivity index (χ0n) is 14.8. The quantitative estimate of drug-likeness (QED) is 0.635. The summed E-state index contributed by atoms with van der Waals surface area (Å²) >= 11 is 0. The first-order chi connectivity index (χ1) is 13.4. The van der Waals surface area contributed by atoms with Crippen LogP contribution in [-0.2, 0) is 18.0 Å². The second kappa shape index (κ2) is 8.47. The summed E-state index contributed by atoms with van der Waals surface area (Å²) in [7, 11) is 0. The summed E-state index contributed by atoms with van der Waals surface area (Å²) < 4.78 is 61.3. The van der Waals surface area contributed by atoms with Crippen molar-refractivity contribution in [3.8, 4) is 0 Å². The van der Waals surface area contributed by atoms with Gasteiger partial charge in [-0.3, -0.25) is 0 Å². The number of anilines is 1. The van der Waals surface area contributed by atoms with Crippen LogP contribution < -0.4 is 4.90 Å². The van der Waals surface area contributed by atoms with Gasteiger partial charge in [0.2, 0.25) is 0 Å². The SMILES string of the molecule is O=C(OCc1ccccc1)N1CCN(c2c(F)c(F)c(CO)c(F)c2F)CC1. The summed E-state index contributed by atoms with van der Waals surface area (Å²) in [5.41, 5.74) is -1.08. The van der Waals surface area contributed by atoms with Gasteiger partial charge >= 0.3 is 6.09 Å². The molecule has 0 unspecified atom stereocenters. The van der Waals surface area contributed by atoms with Crippen molar-refractivity contribution in [2.24, 2.45) is 0 Å². The third-order valence-corrected chi connectivity index (χ3v) is 4.55. The number of rotatable bonds is 4. The number of halogens is 4. The maximum absolute atomic E-state index is 14.2. The standard InChI is InChI=1S/C19H18F4N2O3/c20-14-13(10-26)15(21)17(23)18(16(14)22)24-6-8-25(9-7-24)19(27)28-11-12-4-2-1-3-5-12/h1-5,26H,6-11H2. The topological polar surface area (TPSA) is 53.0 Å². The van der Waals surface area contributed by atoms with E-state index in [0.29, 0.717) is 0 Å². The zero-order valence-corrected chi connectivity index (χ0v) is 14.8. The molecule has 0 bridgehead atoms. The minimum atomic E-state index is -1.62. The fraction of sp³-hybridized carbons (Fsp3) is 0.316. The number of carbonyl (C=O) groups excluding carboxylic acids is 1. The molecule has 0 atom stereocenters. The van der Waals surface area contributed by atoms with E-state index in [4.69, 9.17) is 9.84 Å². The Kier molecular flexibility index (Phi) is 6.03. The van der Waals surface area contributed by atoms with E-state index in [1.165, 1.54) is 4.90 Å². The third kappa shape index (κ3) is 3.89. The second-order valence-electron chi connectivity index (χ2n) is 6.26. The number of amides is 1.